The molecule has 1 N–H and O–H groups in total. The maximum atomic E-state index is 12.6. The van der Waals surface area contributed by atoms with E-state index in [9.17, 15) is 9.59 Å². The Morgan fingerprint density at radius 3 is 2.48 bits per heavy atom. The van der Waals surface area contributed by atoms with Crippen LogP contribution in [0.15, 0.2) is 53.7 Å². The number of amides is 1. The van der Waals surface area contributed by atoms with E-state index in [2.05, 4.69) is 21.6 Å². The molecule has 0 radical (unpaired) electrons. The number of aryl methyl sites for hydroxylation is 1. The molecular formula is C22H24N4O2S. The van der Waals surface area contributed by atoms with Gasteiger partial charge in [-0.25, -0.2) is 0 Å². The first-order valence-electron chi connectivity index (χ1n) is 9.58. The number of nitrogens with one attached hydrogen (secondary N) is 1. The van der Waals surface area contributed by atoms with Crippen LogP contribution in [0.1, 0.15) is 36.2 Å². The molecule has 0 atom stereocenters. The number of hydrogen-bond acceptors (Lipinski definition) is 5. The molecular weight excluding hydrogens is 384 g/mol. The van der Waals surface area contributed by atoms with Gasteiger partial charge in [0, 0.05) is 29.8 Å². The number of carbonyl (C=O) groups is 2. The lowest BCUT2D eigenvalue weighted by molar-refractivity contribution is -0.115. The molecule has 1 aromatic heterocycles. The summed E-state index contributed by atoms with van der Waals surface area (Å²) in [6.07, 6.45) is 0.417. The lowest BCUT2D eigenvalue weighted by atomic mass is 10.1. The molecule has 2 aromatic carbocycles. The Labute approximate surface area is 174 Å². The number of anilines is 1. The Morgan fingerprint density at radius 2 is 1.83 bits per heavy atom. The van der Waals surface area contributed by atoms with Crippen molar-refractivity contribution in [2.24, 2.45) is 0 Å². The molecule has 0 fully saturated rings. The van der Waals surface area contributed by atoms with Gasteiger partial charge in [-0.3, -0.25) is 9.59 Å². The number of aromatic nitrogens is 3. The maximum Gasteiger partial charge on any atom is 0.224 e. The molecule has 0 aliphatic heterocycles. The van der Waals surface area contributed by atoms with Crippen LogP contribution >= 0.6 is 11.8 Å². The first kappa shape index (κ1) is 20.8. The Morgan fingerprint density at radius 1 is 1.07 bits per heavy atom. The van der Waals surface area contributed by atoms with Gasteiger partial charge in [-0.1, -0.05) is 42.4 Å². The summed E-state index contributed by atoms with van der Waals surface area (Å²) in [5.74, 6) is 1.03. The molecule has 1 heterocycles. The molecule has 7 heteroatoms. The maximum absolute atomic E-state index is 12.6. The molecule has 0 saturated carbocycles. The van der Waals surface area contributed by atoms with E-state index >= 15 is 0 Å². The number of carbonyl (C=O) groups excluding carboxylic acids is 2. The third kappa shape index (κ3) is 5.12. The molecule has 3 rings (SSSR count). The van der Waals surface area contributed by atoms with Crippen molar-refractivity contribution in [1.29, 1.82) is 0 Å². The summed E-state index contributed by atoms with van der Waals surface area (Å²) in [7, 11) is 0. The van der Waals surface area contributed by atoms with Gasteiger partial charge < -0.3 is 9.88 Å². The van der Waals surface area contributed by atoms with E-state index in [1.165, 1.54) is 11.8 Å². The first-order valence-corrected chi connectivity index (χ1v) is 10.6. The van der Waals surface area contributed by atoms with E-state index in [1.54, 1.807) is 31.2 Å². The van der Waals surface area contributed by atoms with E-state index in [0.717, 1.165) is 28.7 Å². The van der Waals surface area contributed by atoms with Crippen LogP contribution in [0.5, 0.6) is 0 Å². The third-order valence-electron chi connectivity index (χ3n) is 4.45. The predicted molar refractivity (Wildman–Crippen MR) is 116 cm³/mol. The second kappa shape index (κ2) is 9.52. The minimum atomic E-state index is -0.0528. The molecule has 3 aromatic rings. The predicted octanol–water partition coefficient (Wildman–Crippen LogP) is 4.60. The van der Waals surface area contributed by atoms with Gasteiger partial charge in [0.15, 0.2) is 16.8 Å². The standard InChI is InChI=1S/C22H24N4O2S/c1-4-20(28)23-18-11-9-16(10-12-18)19(27)14-29-22-25-24-21(26(22)5-2)17-8-6-7-15(3)13-17/h6-13H,4-5,14H2,1-3H3,(H,23,28). The molecule has 0 saturated heterocycles. The Bertz CT molecular complexity index is 1010. The fourth-order valence-electron chi connectivity index (χ4n) is 2.88. The zero-order chi connectivity index (χ0) is 20.8. The number of rotatable bonds is 8. The smallest absolute Gasteiger partial charge is 0.224 e. The lowest BCUT2D eigenvalue weighted by Gasteiger charge is -2.08. The van der Waals surface area contributed by atoms with Gasteiger partial charge >= 0.3 is 0 Å². The van der Waals surface area contributed by atoms with Crippen LogP contribution in [0.25, 0.3) is 11.4 Å². The van der Waals surface area contributed by atoms with Crippen LogP contribution in [0.3, 0.4) is 0 Å². The second-order valence-electron chi connectivity index (χ2n) is 6.61. The average Bonchev–Trinajstić information content (AvgIpc) is 3.15. The number of nitrogens with zero attached hydrogens (tertiary/aromatic N) is 3. The van der Waals surface area contributed by atoms with E-state index in [-0.39, 0.29) is 17.4 Å². The van der Waals surface area contributed by atoms with E-state index < -0.39 is 0 Å². The number of hydrogen-bond donors (Lipinski definition) is 1. The van der Waals surface area contributed by atoms with Gasteiger partial charge in [0.2, 0.25) is 5.91 Å². The van der Waals surface area contributed by atoms with Crippen molar-refractivity contribution in [3.63, 3.8) is 0 Å². The fourth-order valence-corrected chi connectivity index (χ4v) is 3.78. The highest BCUT2D eigenvalue weighted by Gasteiger charge is 2.15. The molecule has 150 valence electrons. The number of ketones is 1. The Kier molecular flexibility index (Phi) is 6.82. The van der Waals surface area contributed by atoms with Crippen LogP contribution in [-0.2, 0) is 11.3 Å². The minimum Gasteiger partial charge on any atom is -0.326 e. The van der Waals surface area contributed by atoms with Gasteiger partial charge in [0.05, 0.1) is 5.75 Å². The highest BCUT2D eigenvalue weighted by molar-refractivity contribution is 7.99. The van der Waals surface area contributed by atoms with Gasteiger partial charge in [-0.15, -0.1) is 10.2 Å². The summed E-state index contributed by atoms with van der Waals surface area (Å²) in [6, 6.07) is 15.1. The molecule has 1 amide bonds. The lowest BCUT2D eigenvalue weighted by Crippen LogP contribution is -2.10. The summed E-state index contributed by atoms with van der Waals surface area (Å²) in [5, 5.41) is 12.1. The summed E-state index contributed by atoms with van der Waals surface area (Å²) < 4.78 is 2.02. The molecule has 29 heavy (non-hydrogen) atoms. The molecule has 0 aliphatic rings. The largest absolute Gasteiger partial charge is 0.326 e. The molecule has 0 bridgehead atoms. The highest BCUT2D eigenvalue weighted by atomic mass is 32.2. The zero-order valence-corrected chi connectivity index (χ0v) is 17.6. The Hall–Kier alpha value is -2.93. The summed E-state index contributed by atoms with van der Waals surface area (Å²) >= 11 is 1.38. The van der Waals surface area contributed by atoms with Crippen molar-refractivity contribution in [3.05, 3.63) is 59.7 Å². The molecule has 0 unspecified atom stereocenters. The van der Waals surface area contributed by atoms with Crippen LogP contribution in [-0.4, -0.2) is 32.2 Å². The normalized spacial score (nSPS) is 10.7. The fraction of sp³-hybridized carbons (Fsp3) is 0.273. The highest BCUT2D eigenvalue weighted by Crippen LogP contribution is 2.25. The van der Waals surface area contributed by atoms with E-state index in [1.807, 2.05) is 36.6 Å². The van der Waals surface area contributed by atoms with Crippen LogP contribution in [0, 0.1) is 6.92 Å². The second-order valence-corrected chi connectivity index (χ2v) is 7.55. The van der Waals surface area contributed by atoms with Gasteiger partial charge in [-0.2, -0.15) is 0 Å². The van der Waals surface area contributed by atoms with Crippen LogP contribution in [0.4, 0.5) is 5.69 Å². The summed E-state index contributed by atoms with van der Waals surface area (Å²) in [5.41, 5.74) is 3.47. The van der Waals surface area contributed by atoms with Crippen LogP contribution < -0.4 is 5.32 Å². The van der Waals surface area contributed by atoms with Crippen molar-refractivity contribution >= 4 is 29.1 Å². The summed E-state index contributed by atoms with van der Waals surface area (Å²) in [6.45, 7) is 6.60. The average molecular weight is 409 g/mol. The molecule has 0 aliphatic carbocycles. The third-order valence-corrected chi connectivity index (χ3v) is 5.42. The van der Waals surface area contributed by atoms with Crippen LogP contribution in [0.2, 0.25) is 0 Å². The van der Waals surface area contributed by atoms with Crippen molar-refractivity contribution < 1.29 is 9.59 Å². The zero-order valence-electron chi connectivity index (χ0n) is 16.8. The van der Waals surface area contributed by atoms with Crippen molar-refractivity contribution in [2.45, 2.75) is 38.9 Å². The van der Waals surface area contributed by atoms with Crippen molar-refractivity contribution in [3.8, 4) is 11.4 Å². The monoisotopic (exact) mass is 408 g/mol. The number of benzene rings is 2. The minimum absolute atomic E-state index is 0.00567. The molecule has 0 spiro atoms. The quantitative estimate of drug-likeness (QED) is 0.435. The summed E-state index contributed by atoms with van der Waals surface area (Å²) in [4.78, 5) is 24.0. The topological polar surface area (TPSA) is 76.9 Å². The van der Waals surface area contributed by atoms with Gasteiger partial charge in [0.25, 0.3) is 0 Å². The van der Waals surface area contributed by atoms with Crippen molar-refractivity contribution in [1.82, 2.24) is 14.8 Å². The van der Waals surface area contributed by atoms with Crippen molar-refractivity contribution in [2.75, 3.05) is 11.1 Å². The number of thioether (sulfide) groups is 1. The van der Waals surface area contributed by atoms with E-state index in [0.29, 0.717) is 17.7 Å². The first-order chi connectivity index (χ1) is 14.0. The van der Waals surface area contributed by atoms with E-state index in [4.69, 9.17) is 0 Å². The number of Topliss-reactive ketones (excluding diaryl/α,β-unsaturated/α-hetero) is 1. The Balaban J connectivity index is 1.68. The molecule has 6 nitrogen and oxygen atoms in total. The SMILES string of the molecule is CCC(=O)Nc1ccc(C(=O)CSc2nnc(-c3cccc(C)c3)n2CC)cc1. The van der Waals surface area contributed by atoms with Gasteiger partial charge in [-0.05, 0) is 44.2 Å². The van der Waals surface area contributed by atoms with Gasteiger partial charge in [0.1, 0.15) is 0 Å².